The van der Waals surface area contributed by atoms with Gasteiger partial charge in [-0.15, -0.1) is 0 Å². The van der Waals surface area contributed by atoms with Crippen molar-refractivity contribution in [3.05, 3.63) is 23.8 Å². The Morgan fingerprint density at radius 3 is 3.00 bits per heavy atom. The van der Waals surface area contributed by atoms with Crippen LogP contribution < -0.4 is 20.5 Å². The van der Waals surface area contributed by atoms with Crippen molar-refractivity contribution in [2.75, 3.05) is 19.9 Å². The van der Waals surface area contributed by atoms with E-state index in [0.29, 0.717) is 32.8 Å². The van der Waals surface area contributed by atoms with Gasteiger partial charge in [-0.3, -0.25) is 0 Å². The summed E-state index contributed by atoms with van der Waals surface area (Å²) in [7, 11) is 0. The van der Waals surface area contributed by atoms with Crippen LogP contribution in [0.25, 0.3) is 0 Å². The largest absolute Gasteiger partial charge is 0.454 e. The Morgan fingerprint density at radius 2 is 2.18 bits per heavy atom. The SMILES string of the molecule is NCCC(O)CNCc1ccc2c(c1)OCO2. The van der Waals surface area contributed by atoms with E-state index in [1.807, 2.05) is 18.2 Å². The summed E-state index contributed by atoms with van der Waals surface area (Å²) in [5.74, 6) is 1.57. The lowest BCUT2D eigenvalue weighted by atomic mass is 10.2. The molecule has 1 atom stereocenters. The minimum Gasteiger partial charge on any atom is -0.454 e. The molecular formula is C12H18N2O3. The van der Waals surface area contributed by atoms with Crippen molar-refractivity contribution in [3.63, 3.8) is 0 Å². The molecule has 1 unspecified atom stereocenters. The molecule has 2 rings (SSSR count). The van der Waals surface area contributed by atoms with Gasteiger partial charge in [0.15, 0.2) is 11.5 Å². The summed E-state index contributed by atoms with van der Waals surface area (Å²) in [5.41, 5.74) is 6.46. The van der Waals surface area contributed by atoms with Crippen LogP contribution in [-0.2, 0) is 6.54 Å². The molecule has 0 bridgehead atoms. The number of hydrogen-bond donors (Lipinski definition) is 3. The monoisotopic (exact) mass is 238 g/mol. The van der Waals surface area contributed by atoms with Crippen LogP contribution in [0.4, 0.5) is 0 Å². The zero-order valence-corrected chi connectivity index (χ0v) is 9.69. The van der Waals surface area contributed by atoms with Gasteiger partial charge in [0.05, 0.1) is 6.10 Å². The van der Waals surface area contributed by atoms with E-state index in [1.54, 1.807) is 0 Å². The first-order valence-corrected chi connectivity index (χ1v) is 5.77. The average molecular weight is 238 g/mol. The van der Waals surface area contributed by atoms with Crippen LogP contribution in [0, 0.1) is 0 Å². The molecule has 1 aromatic rings. The van der Waals surface area contributed by atoms with Crippen molar-refractivity contribution < 1.29 is 14.6 Å². The summed E-state index contributed by atoms with van der Waals surface area (Å²) >= 11 is 0. The van der Waals surface area contributed by atoms with E-state index < -0.39 is 0 Å². The van der Waals surface area contributed by atoms with Gasteiger partial charge in [0.25, 0.3) is 0 Å². The van der Waals surface area contributed by atoms with Gasteiger partial charge in [0.1, 0.15) is 0 Å². The second-order valence-electron chi connectivity index (χ2n) is 4.05. The highest BCUT2D eigenvalue weighted by molar-refractivity contribution is 5.44. The van der Waals surface area contributed by atoms with Gasteiger partial charge in [-0.1, -0.05) is 6.07 Å². The fourth-order valence-electron chi connectivity index (χ4n) is 1.73. The predicted molar refractivity (Wildman–Crippen MR) is 63.9 cm³/mol. The van der Waals surface area contributed by atoms with E-state index in [0.717, 1.165) is 17.1 Å². The van der Waals surface area contributed by atoms with Crippen LogP contribution in [0.15, 0.2) is 18.2 Å². The molecule has 0 saturated heterocycles. The highest BCUT2D eigenvalue weighted by Gasteiger charge is 2.12. The van der Waals surface area contributed by atoms with Gasteiger partial charge < -0.3 is 25.6 Å². The molecule has 5 heteroatoms. The molecule has 17 heavy (non-hydrogen) atoms. The Bertz CT molecular complexity index is 371. The first-order chi connectivity index (χ1) is 8.29. The Kier molecular flexibility index (Phi) is 4.19. The average Bonchev–Trinajstić information content (AvgIpc) is 2.76. The molecule has 0 radical (unpaired) electrons. The molecule has 1 aliphatic rings. The lowest BCUT2D eigenvalue weighted by molar-refractivity contribution is 0.164. The van der Waals surface area contributed by atoms with Gasteiger partial charge in [-0.2, -0.15) is 0 Å². The van der Waals surface area contributed by atoms with Gasteiger partial charge in [-0.05, 0) is 30.7 Å². The van der Waals surface area contributed by atoms with Crippen LogP contribution in [0.2, 0.25) is 0 Å². The van der Waals surface area contributed by atoms with E-state index in [4.69, 9.17) is 15.2 Å². The lowest BCUT2D eigenvalue weighted by Crippen LogP contribution is -2.28. The molecule has 0 spiro atoms. The van der Waals surface area contributed by atoms with E-state index in [1.165, 1.54) is 0 Å². The molecular weight excluding hydrogens is 220 g/mol. The summed E-state index contributed by atoms with van der Waals surface area (Å²) in [4.78, 5) is 0. The number of hydrogen-bond acceptors (Lipinski definition) is 5. The topological polar surface area (TPSA) is 76.7 Å². The number of aliphatic hydroxyl groups excluding tert-OH is 1. The first kappa shape index (κ1) is 12.2. The highest BCUT2D eigenvalue weighted by Crippen LogP contribution is 2.32. The van der Waals surface area contributed by atoms with Crippen molar-refractivity contribution in [1.29, 1.82) is 0 Å². The van der Waals surface area contributed by atoms with Crippen LogP contribution >= 0.6 is 0 Å². The van der Waals surface area contributed by atoms with Crippen molar-refractivity contribution in [3.8, 4) is 11.5 Å². The van der Waals surface area contributed by atoms with Gasteiger partial charge >= 0.3 is 0 Å². The molecule has 1 heterocycles. The zero-order valence-electron chi connectivity index (χ0n) is 9.69. The number of fused-ring (bicyclic) bond motifs is 1. The molecule has 0 aromatic heterocycles. The van der Waals surface area contributed by atoms with E-state index >= 15 is 0 Å². The molecule has 5 nitrogen and oxygen atoms in total. The highest BCUT2D eigenvalue weighted by atomic mass is 16.7. The maximum Gasteiger partial charge on any atom is 0.231 e. The third-order valence-electron chi connectivity index (χ3n) is 2.65. The normalized spacial score (nSPS) is 14.9. The molecule has 0 fully saturated rings. The number of benzene rings is 1. The minimum atomic E-state index is -0.381. The standard InChI is InChI=1S/C12H18N2O3/c13-4-3-10(15)7-14-6-9-1-2-11-12(5-9)17-8-16-11/h1-2,5,10,14-15H,3-4,6-8,13H2. The molecule has 1 aliphatic heterocycles. The number of nitrogens with one attached hydrogen (secondary N) is 1. The molecule has 94 valence electrons. The number of ether oxygens (including phenoxy) is 2. The van der Waals surface area contributed by atoms with Crippen LogP contribution in [0.5, 0.6) is 11.5 Å². The fraction of sp³-hybridized carbons (Fsp3) is 0.500. The van der Waals surface area contributed by atoms with Crippen molar-refractivity contribution >= 4 is 0 Å². The first-order valence-electron chi connectivity index (χ1n) is 5.77. The molecule has 0 saturated carbocycles. The van der Waals surface area contributed by atoms with Crippen molar-refractivity contribution in [2.45, 2.75) is 19.1 Å². The van der Waals surface area contributed by atoms with Gasteiger partial charge in [0, 0.05) is 13.1 Å². The van der Waals surface area contributed by atoms with E-state index in [2.05, 4.69) is 5.32 Å². The second-order valence-corrected chi connectivity index (χ2v) is 4.05. The molecule has 0 aliphatic carbocycles. The maximum atomic E-state index is 9.49. The Labute approximate surface area is 101 Å². The lowest BCUT2D eigenvalue weighted by Gasteiger charge is -2.10. The maximum absolute atomic E-state index is 9.49. The molecule has 4 N–H and O–H groups in total. The summed E-state index contributed by atoms with van der Waals surface area (Å²) < 4.78 is 10.5. The smallest absolute Gasteiger partial charge is 0.231 e. The Balaban J connectivity index is 1.79. The van der Waals surface area contributed by atoms with E-state index in [-0.39, 0.29) is 6.10 Å². The molecule has 0 amide bonds. The second kappa shape index (κ2) is 5.86. The summed E-state index contributed by atoms with van der Waals surface area (Å²) in [6.07, 6.45) is 0.239. The summed E-state index contributed by atoms with van der Waals surface area (Å²) in [5, 5.41) is 12.7. The quantitative estimate of drug-likeness (QED) is 0.660. The zero-order chi connectivity index (χ0) is 12.1. The number of rotatable bonds is 6. The van der Waals surface area contributed by atoms with E-state index in [9.17, 15) is 5.11 Å². The minimum absolute atomic E-state index is 0.293. The van der Waals surface area contributed by atoms with Crippen molar-refractivity contribution in [2.24, 2.45) is 5.73 Å². The van der Waals surface area contributed by atoms with Crippen LogP contribution in [0.3, 0.4) is 0 Å². The fourth-order valence-corrected chi connectivity index (χ4v) is 1.73. The van der Waals surface area contributed by atoms with Gasteiger partial charge in [0.2, 0.25) is 6.79 Å². The summed E-state index contributed by atoms with van der Waals surface area (Å²) in [6, 6.07) is 5.83. The Morgan fingerprint density at radius 1 is 1.35 bits per heavy atom. The van der Waals surface area contributed by atoms with Crippen molar-refractivity contribution in [1.82, 2.24) is 5.32 Å². The third-order valence-corrected chi connectivity index (χ3v) is 2.65. The summed E-state index contributed by atoms with van der Waals surface area (Å²) in [6.45, 7) is 2.04. The number of aliphatic hydroxyl groups is 1. The van der Waals surface area contributed by atoms with Crippen LogP contribution in [0.1, 0.15) is 12.0 Å². The van der Waals surface area contributed by atoms with Crippen LogP contribution in [-0.4, -0.2) is 31.1 Å². The predicted octanol–water partition coefficient (Wildman–Crippen LogP) is 0.215. The molecule has 1 aromatic carbocycles. The third kappa shape index (κ3) is 3.33. The Hall–Kier alpha value is -1.30. The number of nitrogens with two attached hydrogens (primary N) is 1. The van der Waals surface area contributed by atoms with Gasteiger partial charge in [-0.25, -0.2) is 0 Å².